The number of halogens is 3. The van der Waals surface area contributed by atoms with Crippen molar-refractivity contribution >= 4 is 18.2 Å². The highest BCUT2D eigenvalue weighted by atomic mass is 19.4. The summed E-state index contributed by atoms with van der Waals surface area (Å²) < 4.78 is 50.4. The maximum Gasteiger partial charge on any atom is 0.416 e. The number of alkyl halides is 3. The molecule has 0 spiro atoms. The summed E-state index contributed by atoms with van der Waals surface area (Å²) in [7, 11) is 0. The average Bonchev–Trinajstić information content (AvgIpc) is 2.73. The lowest BCUT2D eigenvalue weighted by Gasteiger charge is -2.24. The van der Waals surface area contributed by atoms with E-state index in [2.05, 4.69) is 0 Å². The molecular formula is C23H23F3O5. The van der Waals surface area contributed by atoms with Gasteiger partial charge in [0.25, 0.3) is 0 Å². The molecule has 2 rings (SSSR count). The number of esters is 2. The Morgan fingerprint density at radius 2 is 1.52 bits per heavy atom. The van der Waals surface area contributed by atoms with Crippen LogP contribution in [0.5, 0.6) is 0 Å². The van der Waals surface area contributed by atoms with Gasteiger partial charge in [-0.25, -0.2) is 0 Å². The van der Waals surface area contributed by atoms with Crippen LogP contribution in [0, 0.1) is 0 Å². The van der Waals surface area contributed by atoms with Gasteiger partial charge in [0.1, 0.15) is 6.29 Å². The largest absolute Gasteiger partial charge is 0.465 e. The summed E-state index contributed by atoms with van der Waals surface area (Å²) >= 11 is 0. The van der Waals surface area contributed by atoms with E-state index < -0.39 is 35.5 Å². The number of aldehydes is 1. The Hall–Kier alpha value is -3.16. The second-order valence-corrected chi connectivity index (χ2v) is 6.64. The second-order valence-electron chi connectivity index (χ2n) is 6.64. The van der Waals surface area contributed by atoms with Crippen molar-refractivity contribution in [1.82, 2.24) is 0 Å². The Morgan fingerprint density at radius 3 is 2.00 bits per heavy atom. The standard InChI is InChI=1S/C23H23F3O5/c1-3-30-21(28)20(22(29)31-4-2)18-11-10-16(23(24,25)26)14-19(18)17(12-13-27)15-8-6-5-7-9-15/h5-11,13-14,17,20H,3-4,12H2,1-2H3. The van der Waals surface area contributed by atoms with Crippen LogP contribution in [0.15, 0.2) is 48.5 Å². The quantitative estimate of drug-likeness (QED) is 0.326. The zero-order chi connectivity index (χ0) is 23.0. The van der Waals surface area contributed by atoms with Crippen molar-refractivity contribution in [3.63, 3.8) is 0 Å². The van der Waals surface area contributed by atoms with E-state index in [-0.39, 0.29) is 30.8 Å². The molecule has 0 radical (unpaired) electrons. The van der Waals surface area contributed by atoms with E-state index in [0.29, 0.717) is 11.8 Å². The highest BCUT2D eigenvalue weighted by molar-refractivity contribution is 6.01. The van der Waals surface area contributed by atoms with Crippen molar-refractivity contribution in [2.45, 2.75) is 38.3 Å². The van der Waals surface area contributed by atoms with Gasteiger partial charge in [0, 0.05) is 12.3 Å². The Labute approximate surface area is 178 Å². The molecule has 31 heavy (non-hydrogen) atoms. The first-order valence-corrected chi connectivity index (χ1v) is 9.77. The Kier molecular flexibility index (Phi) is 8.36. The molecule has 0 fully saturated rings. The van der Waals surface area contributed by atoms with Crippen LogP contribution in [0.25, 0.3) is 0 Å². The van der Waals surface area contributed by atoms with Crippen LogP contribution in [0.4, 0.5) is 13.2 Å². The molecule has 1 atom stereocenters. The van der Waals surface area contributed by atoms with Crippen LogP contribution in [0.3, 0.4) is 0 Å². The van der Waals surface area contributed by atoms with Crippen molar-refractivity contribution < 1.29 is 37.0 Å². The second kappa shape index (κ2) is 10.7. The molecule has 166 valence electrons. The van der Waals surface area contributed by atoms with E-state index in [1.54, 1.807) is 44.2 Å². The maximum absolute atomic E-state index is 13.5. The minimum absolute atomic E-state index is 0.0144. The van der Waals surface area contributed by atoms with Gasteiger partial charge < -0.3 is 14.3 Å². The zero-order valence-electron chi connectivity index (χ0n) is 17.1. The maximum atomic E-state index is 13.5. The molecule has 0 amide bonds. The van der Waals surface area contributed by atoms with Gasteiger partial charge in [0.05, 0.1) is 18.8 Å². The van der Waals surface area contributed by atoms with Crippen molar-refractivity contribution in [2.75, 3.05) is 13.2 Å². The molecule has 0 heterocycles. The third-order valence-corrected chi connectivity index (χ3v) is 4.68. The van der Waals surface area contributed by atoms with E-state index in [9.17, 15) is 27.6 Å². The van der Waals surface area contributed by atoms with E-state index in [1.807, 2.05) is 0 Å². The number of carbonyl (C=O) groups excluding carboxylic acids is 3. The summed E-state index contributed by atoms with van der Waals surface area (Å²) in [4.78, 5) is 36.6. The Bertz CT molecular complexity index is 891. The monoisotopic (exact) mass is 436 g/mol. The van der Waals surface area contributed by atoms with Gasteiger partial charge in [0.2, 0.25) is 0 Å². The fourth-order valence-electron chi connectivity index (χ4n) is 3.34. The summed E-state index contributed by atoms with van der Waals surface area (Å²) in [5.74, 6) is -4.24. The SMILES string of the molecule is CCOC(=O)C(C(=O)OCC)c1ccc(C(F)(F)F)cc1C(CC=O)c1ccccc1. The molecule has 0 bridgehead atoms. The normalized spacial score (nSPS) is 12.3. The molecule has 0 aromatic heterocycles. The lowest BCUT2D eigenvalue weighted by molar-refractivity contribution is -0.157. The average molecular weight is 436 g/mol. The molecule has 0 saturated carbocycles. The van der Waals surface area contributed by atoms with E-state index >= 15 is 0 Å². The summed E-state index contributed by atoms with van der Waals surface area (Å²) in [6, 6.07) is 11.2. The van der Waals surface area contributed by atoms with Gasteiger partial charge in [-0.15, -0.1) is 0 Å². The highest BCUT2D eigenvalue weighted by Gasteiger charge is 2.38. The minimum atomic E-state index is -4.65. The first-order chi connectivity index (χ1) is 14.7. The number of carbonyl (C=O) groups is 3. The van der Waals surface area contributed by atoms with Crippen LogP contribution in [-0.2, 0) is 30.0 Å². The predicted octanol–water partition coefficient (Wildman–Crippen LogP) is 4.64. The van der Waals surface area contributed by atoms with Crippen LogP contribution < -0.4 is 0 Å². The van der Waals surface area contributed by atoms with Crippen LogP contribution >= 0.6 is 0 Å². The summed E-state index contributed by atoms with van der Waals surface area (Å²) in [5, 5.41) is 0. The first kappa shape index (κ1) is 24.1. The molecule has 0 saturated heterocycles. The van der Waals surface area contributed by atoms with Gasteiger partial charge in [-0.3, -0.25) is 9.59 Å². The lowest BCUT2D eigenvalue weighted by Crippen LogP contribution is -2.28. The molecule has 0 N–H and O–H groups in total. The van der Waals surface area contributed by atoms with Crippen molar-refractivity contribution in [2.24, 2.45) is 0 Å². The smallest absolute Gasteiger partial charge is 0.416 e. The topological polar surface area (TPSA) is 69.7 Å². The first-order valence-electron chi connectivity index (χ1n) is 9.77. The minimum Gasteiger partial charge on any atom is -0.465 e. The molecule has 0 aliphatic carbocycles. The number of ether oxygens (including phenoxy) is 2. The molecule has 0 aliphatic rings. The number of hydrogen-bond acceptors (Lipinski definition) is 5. The highest BCUT2D eigenvalue weighted by Crippen LogP contribution is 2.39. The number of benzene rings is 2. The Balaban J connectivity index is 2.76. The van der Waals surface area contributed by atoms with Crippen molar-refractivity contribution in [3.05, 3.63) is 70.8 Å². The van der Waals surface area contributed by atoms with E-state index in [4.69, 9.17) is 9.47 Å². The van der Waals surface area contributed by atoms with Gasteiger partial charge in [-0.05, 0) is 42.7 Å². The van der Waals surface area contributed by atoms with E-state index in [0.717, 1.165) is 18.2 Å². The molecule has 2 aromatic rings. The zero-order valence-corrected chi connectivity index (χ0v) is 17.1. The fourth-order valence-corrected chi connectivity index (χ4v) is 3.34. The van der Waals surface area contributed by atoms with Crippen molar-refractivity contribution in [3.8, 4) is 0 Å². The van der Waals surface area contributed by atoms with Crippen LogP contribution in [0.1, 0.15) is 54.4 Å². The summed E-state index contributed by atoms with van der Waals surface area (Å²) in [5.41, 5.74) is -0.328. The Morgan fingerprint density at radius 1 is 0.935 bits per heavy atom. The molecular weight excluding hydrogens is 413 g/mol. The molecule has 0 aliphatic heterocycles. The number of hydrogen-bond donors (Lipinski definition) is 0. The molecule has 1 unspecified atom stereocenters. The van der Waals surface area contributed by atoms with Crippen LogP contribution in [0.2, 0.25) is 0 Å². The van der Waals surface area contributed by atoms with Gasteiger partial charge in [-0.2, -0.15) is 13.2 Å². The number of rotatable bonds is 9. The van der Waals surface area contributed by atoms with Gasteiger partial charge in [0.15, 0.2) is 5.92 Å². The molecule has 2 aromatic carbocycles. The molecule has 8 heteroatoms. The van der Waals surface area contributed by atoms with E-state index in [1.165, 1.54) is 0 Å². The lowest BCUT2D eigenvalue weighted by atomic mass is 9.81. The molecule has 5 nitrogen and oxygen atoms in total. The summed E-state index contributed by atoms with van der Waals surface area (Å²) in [6.45, 7) is 3.04. The predicted molar refractivity (Wildman–Crippen MR) is 106 cm³/mol. The van der Waals surface area contributed by atoms with Gasteiger partial charge >= 0.3 is 18.1 Å². The van der Waals surface area contributed by atoms with Gasteiger partial charge in [-0.1, -0.05) is 36.4 Å². The third kappa shape index (κ3) is 5.93. The fraction of sp³-hybridized carbons (Fsp3) is 0.348. The van der Waals surface area contributed by atoms with Crippen LogP contribution in [-0.4, -0.2) is 31.4 Å². The third-order valence-electron chi connectivity index (χ3n) is 4.68. The summed E-state index contributed by atoms with van der Waals surface area (Å²) in [6.07, 6.45) is -4.21. The van der Waals surface area contributed by atoms with Crippen molar-refractivity contribution in [1.29, 1.82) is 0 Å².